The zero-order chi connectivity index (χ0) is 33.1. The molecule has 1 aliphatic heterocycles. The van der Waals surface area contributed by atoms with Gasteiger partial charge in [-0.3, -0.25) is 4.18 Å². The lowest BCUT2D eigenvalue weighted by atomic mass is 9.98. The van der Waals surface area contributed by atoms with Gasteiger partial charge in [0.15, 0.2) is 6.29 Å². The Morgan fingerprint density at radius 3 is 1.40 bits per heavy atom. The van der Waals surface area contributed by atoms with Crippen LogP contribution in [0.4, 0.5) is 13.2 Å². The zero-order valence-corrected chi connectivity index (χ0v) is 26.1. The summed E-state index contributed by atoms with van der Waals surface area (Å²) in [5.41, 5.74) is -2.66. The molecule has 0 bridgehead atoms. The van der Waals surface area contributed by atoms with Crippen LogP contribution in [-0.2, 0) is 64.4 Å². The predicted molar refractivity (Wildman–Crippen MR) is 166 cm³/mol. The lowest BCUT2D eigenvalue weighted by molar-refractivity contribution is -0.320. The highest BCUT2D eigenvalue weighted by atomic mass is 32.2. The predicted octanol–water partition coefficient (Wildman–Crippen LogP) is 6.55. The average molecular weight is 673 g/mol. The van der Waals surface area contributed by atoms with Crippen LogP contribution in [0.25, 0.3) is 0 Å². The van der Waals surface area contributed by atoms with Gasteiger partial charge in [0.1, 0.15) is 24.4 Å². The van der Waals surface area contributed by atoms with Gasteiger partial charge in [-0.1, -0.05) is 121 Å². The van der Waals surface area contributed by atoms with Crippen LogP contribution in [0.2, 0.25) is 0 Å². The van der Waals surface area contributed by atoms with E-state index < -0.39 is 46.3 Å². The summed E-state index contributed by atoms with van der Waals surface area (Å²) in [7, 11) is -6.10. The van der Waals surface area contributed by atoms with Crippen molar-refractivity contribution in [1.82, 2.24) is 0 Å². The smallest absolute Gasteiger partial charge is 0.374 e. The molecule has 250 valence electrons. The SMILES string of the molecule is O=S(=O)(O[C@@H]1[C@H](OCc2ccccc2)[C@H](OCc2ccccc2)[C@H](OCc2ccccc2)O[C@@H]1COCc1ccccc1)C(F)(F)F. The van der Waals surface area contributed by atoms with E-state index in [4.69, 9.17) is 27.9 Å². The molecule has 1 heterocycles. The van der Waals surface area contributed by atoms with E-state index in [9.17, 15) is 21.6 Å². The van der Waals surface area contributed by atoms with Gasteiger partial charge >= 0.3 is 15.6 Å². The summed E-state index contributed by atoms with van der Waals surface area (Å²) in [5, 5.41) is 0. The first kappa shape index (κ1) is 34.7. The molecule has 0 radical (unpaired) electrons. The maximum Gasteiger partial charge on any atom is 0.523 e. The van der Waals surface area contributed by atoms with Crippen molar-refractivity contribution >= 4 is 10.1 Å². The van der Waals surface area contributed by atoms with Crippen molar-refractivity contribution in [3.63, 3.8) is 0 Å². The minimum atomic E-state index is -6.10. The first-order valence-corrected chi connectivity index (χ1v) is 16.3. The summed E-state index contributed by atoms with van der Waals surface area (Å²) in [6, 6.07) is 36.3. The normalized spacial score (nSPS) is 21.8. The van der Waals surface area contributed by atoms with Crippen molar-refractivity contribution in [2.45, 2.75) is 62.6 Å². The van der Waals surface area contributed by atoms with Gasteiger partial charge in [0.2, 0.25) is 0 Å². The van der Waals surface area contributed by atoms with E-state index in [-0.39, 0.29) is 33.0 Å². The molecule has 0 N–H and O–H groups in total. The van der Waals surface area contributed by atoms with Gasteiger partial charge in [0.05, 0.1) is 33.0 Å². The van der Waals surface area contributed by atoms with Crippen LogP contribution >= 0.6 is 0 Å². The maximum atomic E-state index is 13.7. The van der Waals surface area contributed by atoms with Gasteiger partial charge < -0.3 is 23.7 Å². The summed E-state index contributed by atoms with van der Waals surface area (Å²) >= 11 is 0. The molecule has 12 heteroatoms. The Hall–Kier alpha value is -3.62. The summed E-state index contributed by atoms with van der Waals surface area (Å²) < 4.78 is 102. The molecule has 0 aliphatic carbocycles. The van der Waals surface area contributed by atoms with Crippen molar-refractivity contribution in [2.75, 3.05) is 6.61 Å². The van der Waals surface area contributed by atoms with Crippen molar-refractivity contribution < 1.29 is 49.5 Å². The van der Waals surface area contributed by atoms with E-state index in [1.807, 2.05) is 91.0 Å². The molecule has 5 atom stereocenters. The molecule has 0 unspecified atom stereocenters. The Kier molecular flexibility index (Phi) is 12.2. The Morgan fingerprint density at radius 1 is 0.553 bits per heavy atom. The largest absolute Gasteiger partial charge is 0.523 e. The monoisotopic (exact) mass is 672 g/mol. The molecule has 1 saturated heterocycles. The number of hydrogen-bond acceptors (Lipinski definition) is 8. The van der Waals surface area contributed by atoms with Gasteiger partial charge in [-0.05, 0) is 22.3 Å². The lowest BCUT2D eigenvalue weighted by Crippen LogP contribution is -2.62. The van der Waals surface area contributed by atoms with Gasteiger partial charge in [-0.25, -0.2) is 0 Å². The van der Waals surface area contributed by atoms with Crippen LogP contribution < -0.4 is 0 Å². The Labute approximate surface area is 272 Å². The van der Waals surface area contributed by atoms with E-state index in [2.05, 4.69) is 0 Å². The number of benzene rings is 4. The molecule has 1 aliphatic rings. The molecule has 0 amide bonds. The van der Waals surface area contributed by atoms with E-state index >= 15 is 0 Å². The average Bonchev–Trinajstić information content (AvgIpc) is 3.08. The maximum absolute atomic E-state index is 13.7. The third kappa shape index (κ3) is 9.94. The summed E-state index contributed by atoms with van der Waals surface area (Å²) in [6.07, 6.45) is -7.02. The summed E-state index contributed by atoms with van der Waals surface area (Å²) in [6.45, 7) is -0.288. The number of rotatable bonds is 15. The minimum Gasteiger partial charge on any atom is -0.374 e. The van der Waals surface area contributed by atoms with Crippen LogP contribution in [0.15, 0.2) is 121 Å². The number of hydrogen-bond donors (Lipinski definition) is 0. The highest BCUT2D eigenvalue weighted by molar-refractivity contribution is 7.87. The summed E-state index contributed by atoms with van der Waals surface area (Å²) in [5.74, 6) is 0. The van der Waals surface area contributed by atoms with Crippen molar-refractivity contribution in [1.29, 1.82) is 0 Å². The molecule has 0 aromatic heterocycles. The second-order valence-electron chi connectivity index (χ2n) is 10.8. The molecule has 4 aromatic rings. The third-order valence-electron chi connectivity index (χ3n) is 7.33. The van der Waals surface area contributed by atoms with Gasteiger partial charge in [-0.15, -0.1) is 0 Å². The quantitative estimate of drug-likeness (QED) is 0.104. The Bertz CT molecular complexity index is 1590. The zero-order valence-electron chi connectivity index (χ0n) is 25.3. The number of halogens is 3. The van der Waals surface area contributed by atoms with Crippen LogP contribution in [0.3, 0.4) is 0 Å². The first-order chi connectivity index (χ1) is 22.7. The van der Waals surface area contributed by atoms with E-state index in [1.54, 1.807) is 30.3 Å². The van der Waals surface area contributed by atoms with Crippen LogP contribution in [0.5, 0.6) is 0 Å². The van der Waals surface area contributed by atoms with Gasteiger partial charge in [0, 0.05) is 0 Å². The Morgan fingerprint density at radius 2 is 0.957 bits per heavy atom. The fraction of sp³-hybridized carbons (Fsp3) is 0.314. The summed E-state index contributed by atoms with van der Waals surface area (Å²) in [4.78, 5) is 0. The van der Waals surface area contributed by atoms with E-state index in [0.29, 0.717) is 5.56 Å². The van der Waals surface area contributed by atoms with Gasteiger partial charge in [-0.2, -0.15) is 21.6 Å². The Balaban J connectivity index is 1.49. The molecule has 0 saturated carbocycles. The van der Waals surface area contributed by atoms with E-state index in [1.165, 1.54) is 0 Å². The molecular weight excluding hydrogens is 637 g/mol. The molecule has 47 heavy (non-hydrogen) atoms. The van der Waals surface area contributed by atoms with Crippen molar-refractivity contribution in [3.05, 3.63) is 144 Å². The standard InChI is InChI=1S/C35H35F3O8S/c36-35(37,38)47(39,40)46-31-30(25-41-21-26-13-5-1-6-14-26)45-34(44-24-29-19-11-4-12-20-29)33(43-23-28-17-9-3-10-18-28)32(31)42-22-27-15-7-2-8-16-27/h1-20,30-34H,21-25H2/t30-,31+,32+,33+,34-/m1/s1. The fourth-order valence-corrected chi connectivity index (χ4v) is 5.62. The molecule has 1 fully saturated rings. The molecule has 0 spiro atoms. The highest BCUT2D eigenvalue weighted by Crippen LogP contribution is 2.35. The molecule has 5 rings (SSSR count). The van der Waals surface area contributed by atoms with Crippen LogP contribution in [-0.4, -0.2) is 51.2 Å². The highest BCUT2D eigenvalue weighted by Gasteiger charge is 2.55. The fourth-order valence-electron chi connectivity index (χ4n) is 4.98. The lowest BCUT2D eigenvalue weighted by Gasteiger charge is -2.45. The van der Waals surface area contributed by atoms with Crippen molar-refractivity contribution in [2.24, 2.45) is 0 Å². The third-order valence-corrected chi connectivity index (χ3v) is 8.38. The second-order valence-corrected chi connectivity index (χ2v) is 12.4. The number of alkyl halides is 3. The first-order valence-electron chi connectivity index (χ1n) is 14.9. The van der Waals surface area contributed by atoms with Crippen LogP contribution in [0, 0.1) is 0 Å². The van der Waals surface area contributed by atoms with E-state index in [0.717, 1.165) is 16.7 Å². The molecular formula is C35H35F3O8S. The molecule has 4 aromatic carbocycles. The molecule has 8 nitrogen and oxygen atoms in total. The van der Waals surface area contributed by atoms with Crippen molar-refractivity contribution in [3.8, 4) is 0 Å². The van der Waals surface area contributed by atoms with Crippen LogP contribution in [0.1, 0.15) is 22.3 Å². The number of ether oxygens (including phenoxy) is 5. The topological polar surface area (TPSA) is 89.5 Å². The minimum absolute atomic E-state index is 0.000818. The van der Waals surface area contributed by atoms with Gasteiger partial charge in [0.25, 0.3) is 0 Å². The second kappa shape index (κ2) is 16.5.